The van der Waals surface area contributed by atoms with Crippen LogP contribution in [0.3, 0.4) is 0 Å². The molecular weight excluding hydrogens is 328 g/mol. The first-order valence-electron chi connectivity index (χ1n) is 8.88. The molecule has 0 aromatic heterocycles. The van der Waals surface area contributed by atoms with Gasteiger partial charge in [-0.2, -0.15) is 0 Å². The molecule has 2 aromatic carbocycles. The number of para-hydroxylation sites is 1. The van der Waals surface area contributed by atoms with Crippen molar-refractivity contribution in [3.8, 4) is 0 Å². The highest BCUT2D eigenvalue weighted by molar-refractivity contribution is 6.10. The van der Waals surface area contributed by atoms with Gasteiger partial charge < -0.3 is 5.32 Å². The van der Waals surface area contributed by atoms with Gasteiger partial charge in [0.15, 0.2) is 0 Å². The van der Waals surface area contributed by atoms with E-state index in [-0.39, 0.29) is 37.1 Å². The molecule has 0 radical (unpaired) electrons. The van der Waals surface area contributed by atoms with E-state index in [2.05, 4.69) is 5.32 Å². The molecule has 1 N–H and O–H groups in total. The van der Waals surface area contributed by atoms with Crippen LogP contribution in [0.15, 0.2) is 54.6 Å². The van der Waals surface area contributed by atoms with E-state index in [1.807, 2.05) is 42.5 Å². The summed E-state index contributed by atoms with van der Waals surface area (Å²) < 4.78 is 0. The minimum absolute atomic E-state index is 0.101. The highest BCUT2D eigenvalue weighted by Gasteiger charge is 2.55. The van der Waals surface area contributed by atoms with E-state index in [9.17, 15) is 14.4 Å². The monoisotopic (exact) mass is 348 g/mol. The van der Waals surface area contributed by atoms with Gasteiger partial charge in [0.05, 0.1) is 5.41 Å². The van der Waals surface area contributed by atoms with Crippen LogP contribution in [0.4, 0.5) is 5.69 Å². The molecule has 3 amide bonds. The van der Waals surface area contributed by atoms with Gasteiger partial charge >= 0.3 is 0 Å². The van der Waals surface area contributed by atoms with E-state index >= 15 is 0 Å². The van der Waals surface area contributed by atoms with Gasteiger partial charge in [0.2, 0.25) is 17.7 Å². The summed E-state index contributed by atoms with van der Waals surface area (Å²) in [6, 6.07) is 17.0. The molecule has 1 aliphatic carbocycles. The lowest BCUT2D eigenvalue weighted by molar-refractivity contribution is -0.140. The lowest BCUT2D eigenvalue weighted by Crippen LogP contribution is -2.38. The third kappa shape index (κ3) is 2.69. The summed E-state index contributed by atoms with van der Waals surface area (Å²) in [5.41, 5.74) is 2.12. The molecule has 0 unspecified atom stereocenters. The van der Waals surface area contributed by atoms with Crippen LogP contribution >= 0.6 is 0 Å². The second-order valence-corrected chi connectivity index (χ2v) is 6.93. The van der Waals surface area contributed by atoms with Crippen molar-refractivity contribution in [1.82, 2.24) is 4.90 Å². The fourth-order valence-electron chi connectivity index (χ4n) is 4.08. The molecule has 26 heavy (non-hydrogen) atoms. The van der Waals surface area contributed by atoms with Gasteiger partial charge in [0.25, 0.3) is 0 Å². The number of hydrogen-bond acceptors (Lipinski definition) is 3. The van der Waals surface area contributed by atoms with Crippen LogP contribution in [0.5, 0.6) is 0 Å². The molecule has 2 aromatic rings. The number of nitrogens with one attached hydrogen (secondary N) is 1. The molecule has 2 aliphatic rings. The molecular formula is C21H20N2O3. The maximum absolute atomic E-state index is 13.0. The van der Waals surface area contributed by atoms with E-state index in [0.717, 1.165) is 17.5 Å². The largest absolute Gasteiger partial charge is 0.326 e. The summed E-state index contributed by atoms with van der Waals surface area (Å²) >= 11 is 0. The number of fused-ring (bicyclic) bond motifs is 2. The molecule has 1 fully saturated rings. The third-order valence-electron chi connectivity index (χ3n) is 5.38. The van der Waals surface area contributed by atoms with Crippen molar-refractivity contribution in [1.29, 1.82) is 0 Å². The number of hydrogen-bond donors (Lipinski definition) is 1. The highest BCUT2D eigenvalue weighted by Crippen LogP contribution is 2.46. The topological polar surface area (TPSA) is 66.5 Å². The third-order valence-corrected chi connectivity index (χ3v) is 5.38. The van der Waals surface area contributed by atoms with Gasteiger partial charge in [-0.25, -0.2) is 0 Å². The van der Waals surface area contributed by atoms with Crippen molar-refractivity contribution in [2.24, 2.45) is 0 Å². The Morgan fingerprint density at radius 1 is 1.04 bits per heavy atom. The van der Waals surface area contributed by atoms with Crippen molar-refractivity contribution in [2.45, 2.75) is 31.1 Å². The number of imide groups is 1. The van der Waals surface area contributed by atoms with Crippen molar-refractivity contribution in [3.05, 3.63) is 65.7 Å². The Morgan fingerprint density at radius 2 is 1.77 bits per heavy atom. The second-order valence-electron chi connectivity index (χ2n) is 6.93. The number of carbonyl (C=O) groups excluding carboxylic acids is 3. The number of likely N-dealkylation sites (tertiary alicyclic amines) is 1. The first-order chi connectivity index (χ1) is 12.6. The Balaban J connectivity index is 1.45. The number of aryl methyl sites for hydroxylation is 1. The lowest BCUT2D eigenvalue weighted by atomic mass is 9.80. The summed E-state index contributed by atoms with van der Waals surface area (Å²) in [6.07, 6.45) is 1.80. The first kappa shape index (κ1) is 16.5. The number of benzene rings is 2. The molecule has 1 heterocycles. The summed E-state index contributed by atoms with van der Waals surface area (Å²) in [5, 5.41) is 2.78. The van der Waals surface area contributed by atoms with E-state index in [1.54, 1.807) is 12.1 Å². The van der Waals surface area contributed by atoms with Crippen LogP contribution in [-0.2, 0) is 26.2 Å². The summed E-state index contributed by atoms with van der Waals surface area (Å²) in [4.78, 5) is 39.0. The van der Waals surface area contributed by atoms with E-state index in [4.69, 9.17) is 0 Å². The van der Waals surface area contributed by atoms with Crippen molar-refractivity contribution in [3.63, 3.8) is 0 Å². The molecule has 1 saturated heterocycles. The molecule has 1 spiro atoms. The predicted molar refractivity (Wildman–Crippen MR) is 97.5 cm³/mol. The molecule has 132 valence electrons. The number of rotatable bonds is 4. The van der Waals surface area contributed by atoms with Crippen LogP contribution < -0.4 is 5.32 Å². The maximum Gasteiger partial charge on any atom is 0.240 e. The summed E-state index contributed by atoms with van der Waals surface area (Å²) in [7, 11) is 0. The fraction of sp³-hybridized carbons (Fsp3) is 0.286. The quantitative estimate of drug-likeness (QED) is 0.864. The molecule has 0 bridgehead atoms. The number of amides is 3. The van der Waals surface area contributed by atoms with Gasteiger partial charge in [0, 0.05) is 25.1 Å². The molecule has 1 aliphatic heterocycles. The maximum atomic E-state index is 13.0. The van der Waals surface area contributed by atoms with E-state index < -0.39 is 5.41 Å². The Bertz CT molecular complexity index is 878. The van der Waals surface area contributed by atoms with Crippen LogP contribution in [-0.4, -0.2) is 29.2 Å². The van der Waals surface area contributed by atoms with Crippen LogP contribution in [0, 0.1) is 0 Å². The van der Waals surface area contributed by atoms with Crippen molar-refractivity contribution in [2.75, 3.05) is 11.9 Å². The van der Waals surface area contributed by atoms with Gasteiger partial charge in [-0.1, -0.05) is 42.5 Å². The summed E-state index contributed by atoms with van der Waals surface area (Å²) in [6.45, 7) is 0.125. The minimum atomic E-state index is -0.719. The standard InChI is InChI=1S/C21H20N2O3/c24-18(22-16-7-2-1-3-8-16)11-13-23-19(25)14-21(20(23)26)12-10-15-6-4-5-9-17(15)21/h1-9H,10-14H2,(H,22,24)/t21-/m0/s1. The number of carbonyl (C=O) groups is 3. The van der Waals surface area contributed by atoms with Gasteiger partial charge in [-0.15, -0.1) is 0 Å². The normalized spacial score (nSPS) is 21.3. The summed E-state index contributed by atoms with van der Waals surface area (Å²) in [5.74, 6) is -0.538. The SMILES string of the molecule is O=C(CCN1C(=O)C[C@]2(CCc3ccccc32)C1=O)Nc1ccccc1. The minimum Gasteiger partial charge on any atom is -0.326 e. The molecule has 5 nitrogen and oxygen atoms in total. The zero-order valence-corrected chi connectivity index (χ0v) is 14.4. The Morgan fingerprint density at radius 3 is 2.58 bits per heavy atom. The van der Waals surface area contributed by atoms with E-state index in [0.29, 0.717) is 12.1 Å². The number of nitrogens with zero attached hydrogens (tertiary/aromatic N) is 1. The van der Waals surface area contributed by atoms with E-state index in [1.165, 1.54) is 4.90 Å². The second kappa shape index (κ2) is 6.41. The molecule has 1 atom stereocenters. The van der Waals surface area contributed by atoms with Crippen LogP contribution in [0.1, 0.15) is 30.4 Å². The first-order valence-corrected chi connectivity index (χ1v) is 8.88. The highest BCUT2D eigenvalue weighted by atomic mass is 16.2. The Hall–Kier alpha value is -2.95. The van der Waals surface area contributed by atoms with Crippen LogP contribution in [0.2, 0.25) is 0 Å². The van der Waals surface area contributed by atoms with Gasteiger partial charge in [-0.3, -0.25) is 19.3 Å². The smallest absolute Gasteiger partial charge is 0.240 e. The molecule has 0 saturated carbocycles. The van der Waals surface area contributed by atoms with Crippen molar-refractivity contribution >= 4 is 23.4 Å². The molecule has 4 rings (SSSR count). The van der Waals surface area contributed by atoms with Crippen molar-refractivity contribution < 1.29 is 14.4 Å². The Labute approximate surface area is 152 Å². The van der Waals surface area contributed by atoms with Gasteiger partial charge in [0.1, 0.15) is 0 Å². The number of anilines is 1. The lowest BCUT2D eigenvalue weighted by Gasteiger charge is -2.22. The van der Waals surface area contributed by atoms with Crippen LogP contribution in [0.25, 0.3) is 0 Å². The molecule has 5 heteroatoms. The zero-order chi connectivity index (χ0) is 18.1. The fourth-order valence-corrected chi connectivity index (χ4v) is 4.08. The Kier molecular flexibility index (Phi) is 4.07. The van der Waals surface area contributed by atoms with Gasteiger partial charge in [-0.05, 0) is 36.1 Å². The predicted octanol–water partition coefficient (Wildman–Crippen LogP) is 2.66. The average molecular weight is 348 g/mol. The zero-order valence-electron chi connectivity index (χ0n) is 14.4. The average Bonchev–Trinajstić information content (AvgIpc) is 3.13.